The third kappa shape index (κ3) is 3.13. The molecule has 0 spiro atoms. The van der Waals surface area contributed by atoms with Gasteiger partial charge in [0.25, 0.3) is 0 Å². The van der Waals surface area contributed by atoms with Crippen LogP contribution in [-0.4, -0.2) is 14.9 Å². The van der Waals surface area contributed by atoms with Crippen molar-refractivity contribution in [3.63, 3.8) is 0 Å². The van der Waals surface area contributed by atoms with E-state index in [0.29, 0.717) is 0 Å². The molecule has 0 saturated heterocycles. The van der Waals surface area contributed by atoms with Crippen LogP contribution in [-0.2, 0) is 0 Å². The summed E-state index contributed by atoms with van der Waals surface area (Å²) in [5.41, 5.74) is 7.86. The molecule has 134 valence electrons. The van der Waals surface area contributed by atoms with Crippen molar-refractivity contribution in [1.29, 1.82) is 0 Å². The Morgan fingerprint density at radius 2 is 1.48 bits per heavy atom. The van der Waals surface area contributed by atoms with E-state index >= 15 is 0 Å². The second-order valence-electron chi connectivity index (χ2n) is 6.96. The molecule has 4 rings (SSSR count). The number of aromatic hydroxyl groups is 1. The molecule has 0 aliphatic carbocycles. The summed E-state index contributed by atoms with van der Waals surface area (Å²) in [6, 6.07) is 24.2. The van der Waals surface area contributed by atoms with Crippen molar-refractivity contribution in [2.24, 2.45) is 0 Å². The van der Waals surface area contributed by atoms with Gasteiger partial charge in [-0.3, -0.25) is 0 Å². The van der Waals surface area contributed by atoms with Gasteiger partial charge in [0.05, 0.1) is 11.3 Å². The molecule has 0 aliphatic rings. The maximum Gasteiger partial charge on any atom is 0.222 e. The average molecular weight is 354 g/mol. The SMILES string of the molecule is Cc1cccc(-c2nn(-c3ccc(C)c(C)c3)c(O)c2-c2ccccc2)c1. The number of aromatic nitrogens is 2. The lowest BCUT2D eigenvalue weighted by atomic mass is 10.0. The Balaban J connectivity index is 1.98. The number of hydrogen-bond acceptors (Lipinski definition) is 2. The molecule has 0 bridgehead atoms. The molecule has 3 aromatic carbocycles. The Kier molecular flexibility index (Phi) is 4.28. The monoisotopic (exact) mass is 354 g/mol. The Hall–Kier alpha value is -3.33. The summed E-state index contributed by atoms with van der Waals surface area (Å²) in [4.78, 5) is 0. The minimum Gasteiger partial charge on any atom is -0.493 e. The second-order valence-corrected chi connectivity index (χ2v) is 6.96. The number of benzene rings is 3. The second kappa shape index (κ2) is 6.76. The first-order valence-corrected chi connectivity index (χ1v) is 9.06. The third-order valence-corrected chi connectivity index (χ3v) is 4.95. The van der Waals surface area contributed by atoms with Crippen molar-refractivity contribution in [2.75, 3.05) is 0 Å². The first kappa shape index (κ1) is 17.1. The van der Waals surface area contributed by atoms with Gasteiger partial charge in [0.2, 0.25) is 5.88 Å². The van der Waals surface area contributed by atoms with Crippen molar-refractivity contribution in [3.05, 3.63) is 89.5 Å². The molecule has 1 N–H and O–H groups in total. The summed E-state index contributed by atoms with van der Waals surface area (Å²) < 4.78 is 1.63. The van der Waals surface area contributed by atoms with Crippen molar-refractivity contribution in [1.82, 2.24) is 9.78 Å². The number of aryl methyl sites for hydroxylation is 3. The number of rotatable bonds is 3. The molecule has 0 amide bonds. The summed E-state index contributed by atoms with van der Waals surface area (Å²) >= 11 is 0. The van der Waals surface area contributed by atoms with Crippen molar-refractivity contribution in [2.45, 2.75) is 20.8 Å². The smallest absolute Gasteiger partial charge is 0.222 e. The molecule has 0 atom stereocenters. The van der Waals surface area contributed by atoms with Gasteiger partial charge < -0.3 is 5.11 Å². The predicted molar refractivity (Wildman–Crippen MR) is 110 cm³/mol. The van der Waals surface area contributed by atoms with Crippen molar-refractivity contribution in [3.8, 4) is 34.0 Å². The van der Waals surface area contributed by atoms with Crippen LogP contribution in [0.25, 0.3) is 28.1 Å². The maximum absolute atomic E-state index is 11.1. The van der Waals surface area contributed by atoms with Crippen LogP contribution in [0.1, 0.15) is 16.7 Å². The third-order valence-electron chi connectivity index (χ3n) is 4.95. The van der Waals surface area contributed by atoms with E-state index in [1.54, 1.807) is 4.68 Å². The molecule has 3 heteroatoms. The molecule has 27 heavy (non-hydrogen) atoms. The molecule has 3 nitrogen and oxygen atoms in total. The summed E-state index contributed by atoms with van der Waals surface area (Å²) in [5.74, 6) is 0.154. The molecule has 0 unspecified atom stereocenters. The van der Waals surface area contributed by atoms with E-state index in [1.807, 2.05) is 48.5 Å². The largest absolute Gasteiger partial charge is 0.493 e. The Morgan fingerprint density at radius 1 is 0.741 bits per heavy atom. The highest BCUT2D eigenvalue weighted by Crippen LogP contribution is 2.40. The first-order valence-electron chi connectivity index (χ1n) is 9.06. The van der Waals surface area contributed by atoms with Gasteiger partial charge in [0.1, 0.15) is 5.69 Å². The fourth-order valence-corrected chi connectivity index (χ4v) is 3.31. The van der Waals surface area contributed by atoms with Crippen LogP contribution < -0.4 is 0 Å². The Morgan fingerprint density at radius 3 is 2.19 bits per heavy atom. The fraction of sp³-hybridized carbons (Fsp3) is 0.125. The van der Waals surface area contributed by atoms with Crippen LogP contribution in [0.2, 0.25) is 0 Å². The fourth-order valence-electron chi connectivity index (χ4n) is 3.31. The Labute approximate surface area is 159 Å². The molecule has 0 aliphatic heterocycles. The van der Waals surface area contributed by atoms with Gasteiger partial charge >= 0.3 is 0 Å². The van der Waals surface area contributed by atoms with Crippen LogP contribution in [0.4, 0.5) is 0 Å². The van der Waals surface area contributed by atoms with Crippen LogP contribution in [0.3, 0.4) is 0 Å². The summed E-state index contributed by atoms with van der Waals surface area (Å²) in [6.45, 7) is 6.21. The zero-order chi connectivity index (χ0) is 19.0. The molecule has 0 saturated carbocycles. The van der Waals surface area contributed by atoms with E-state index in [9.17, 15) is 5.11 Å². The van der Waals surface area contributed by atoms with Crippen LogP contribution in [0, 0.1) is 20.8 Å². The van der Waals surface area contributed by atoms with Gasteiger partial charge in [0.15, 0.2) is 0 Å². The van der Waals surface area contributed by atoms with Crippen LogP contribution >= 0.6 is 0 Å². The number of hydrogen-bond donors (Lipinski definition) is 1. The van der Waals surface area contributed by atoms with Gasteiger partial charge in [-0.25, -0.2) is 4.68 Å². The van der Waals surface area contributed by atoms with E-state index in [2.05, 4.69) is 45.0 Å². The van der Waals surface area contributed by atoms with Gasteiger partial charge in [-0.1, -0.05) is 60.2 Å². The van der Waals surface area contributed by atoms with Gasteiger partial charge in [-0.15, -0.1) is 0 Å². The van der Waals surface area contributed by atoms with Gasteiger partial charge in [0, 0.05) is 5.56 Å². The summed E-state index contributed by atoms with van der Waals surface area (Å²) in [6.07, 6.45) is 0. The molecule has 0 fully saturated rings. The topological polar surface area (TPSA) is 38.0 Å². The van der Waals surface area contributed by atoms with E-state index in [4.69, 9.17) is 5.10 Å². The first-order chi connectivity index (χ1) is 13.0. The minimum atomic E-state index is 0.154. The Bertz CT molecular complexity index is 1110. The van der Waals surface area contributed by atoms with E-state index in [0.717, 1.165) is 33.6 Å². The molecular weight excluding hydrogens is 332 g/mol. The molecule has 0 radical (unpaired) electrons. The zero-order valence-electron chi connectivity index (χ0n) is 15.8. The average Bonchev–Trinajstić information content (AvgIpc) is 3.02. The molecule has 4 aromatic rings. The summed E-state index contributed by atoms with van der Waals surface area (Å²) in [7, 11) is 0. The predicted octanol–water partition coefficient (Wildman–Crippen LogP) is 5.84. The lowest BCUT2D eigenvalue weighted by Gasteiger charge is -2.07. The molecule has 1 aromatic heterocycles. The zero-order valence-corrected chi connectivity index (χ0v) is 15.8. The van der Waals surface area contributed by atoms with Gasteiger partial charge in [-0.05, 0) is 55.7 Å². The summed E-state index contributed by atoms with van der Waals surface area (Å²) in [5, 5.41) is 15.9. The lowest BCUT2D eigenvalue weighted by Crippen LogP contribution is -1.97. The molecule has 1 heterocycles. The van der Waals surface area contributed by atoms with E-state index in [1.165, 1.54) is 11.1 Å². The van der Waals surface area contributed by atoms with Crippen molar-refractivity contribution < 1.29 is 5.11 Å². The highest BCUT2D eigenvalue weighted by molar-refractivity contribution is 5.85. The van der Waals surface area contributed by atoms with Crippen LogP contribution in [0.5, 0.6) is 5.88 Å². The maximum atomic E-state index is 11.1. The van der Waals surface area contributed by atoms with Crippen molar-refractivity contribution >= 4 is 0 Å². The van der Waals surface area contributed by atoms with Crippen LogP contribution in [0.15, 0.2) is 72.8 Å². The van der Waals surface area contributed by atoms with E-state index < -0.39 is 0 Å². The highest BCUT2D eigenvalue weighted by atomic mass is 16.3. The van der Waals surface area contributed by atoms with Gasteiger partial charge in [-0.2, -0.15) is 5.10 Å². The highest BCUT2D eigenvalue weighted by Gasteiger charge is 2.21. The standard InChI is InChI=1S/C24H22N2O/c1-16-8-7-11-20(14-16)23-22(19-9-5-4-6-10-19)24(27)26(25-23)21-13-12-17(2)18(3)15-21/h4-15,27H,1-3H3. The normalized spacial score (nSPS) is 10.9. The quantitative estimate of drug-likeness (QED) is 0.502. The molecular formula is C24H22N2O. The lowest BCUT2D eigenvalue weighted by molar-refractivity contribution is 0.435. The number of nitrogens with zero attached hydrogens (tertiary/aromatic N) is 2. The minimum absolute atomic E-state index is 0.154. The van der Waals surface area contributed by atoms with E-state index in [-0.39, 0.29) is 5.88 Å².